The molecule has 0 radical (unpaired) electrons. The van der Waals surface area contributed by atoms with Crippen molar-refractivity contribution in [2.24, 2.45) is 0 Å². The number of benzene rings is 2. The number of anilines is 1. The first kappa shape index (κ1) is 13.8. The Balaban J connectivity index is 2.22. The van der Waals surface area contributed by atoms with Crippen molar-refractivity contribution in [1.82, 2.24) is 0 Å². The van der Waals surface area contributed by atoms with Gasteiger partial charge < -0.3 is 5.32 Å². The minimum Gasteiger partial charge on any atom is -0.322 e. The molecule has 5 heteroatoms. The van der Waals surface area contributed by atoms with Gasteiger partial charge in [0.05, 0.1) is 10.6 Å². The number of carbonyl (C=O) groups excluding carboxylic acids is 1. The quantitative estimate of drug-likeness (QED) is 0.663. The molecule has 0 heterocycles. The van der Waals surface area contributed by atoms with Crippen molar-refractivity contribution < 1.29 is 4.79 Å². The first-order valence-corrected chi connectivity index (χ1v) is 7.33. The zero-order valence-electron chi connectivity index (χ0n) is 9.08. The number of hydrogen-bond acceptors (Lipinski definition) is 1. The Morgan fingerprint density at radius 2 is 2.00 bits per heavy atom. The fourth-order valence-electron chi connectivity index (χ4n) is 1.44. The molecule has 0 saturated carbocycles. The van der Waals surface area contributed by atoms with Crippen LogP contribution < -0.4 is 5.32 Å². The number of nitrogens with one attached hydrogen (secondary N) is 1. The number of amides is 1. The molecule has 0 spiro atoms. The van der Waals surface area contributed by atoms with Crippen molar-refractivity contribution in [2.45, 2.75) is 0 Å². The van der Waals surface area contributed by atoms with Crippen LogP contribution in [0, 0.1) is 3.57 Å². The molecule has 2 aromatic carbocycles. The van der Waals surface area contributed by atoms with Crippen molar-refractivity contribution in [3.63, 3.8) is 0 Å². The van der Waals surface area contributed by atoms with E-state index < -0.39 is 0 Å². The topological polar surface area (TPSA) is 29.1 Å². The van der Waals surface area contributed by atoms with Crippen LogP contribution >= 0.6 is 50.1 Å². The van der Waals surface area contributed by atoms with Crippen LogP contribution in [0.25, 0.3) is 0 Å². The third-order valence-electron chi connectivity index (χ3n) is 2.26. The van der Waals surface area contributed by atoms with E-state index in [0.29, 0.717) is 10.6 Å². The van der Waals surface area contributed by atoms with Gasteiger partial charge >= 0.3 is 0 Å². The Hall–Kier alpha value is -0.590. The first-order valence-electron chi connectivity index (χ1n) is 5.08. The van der Waals surface area contributed by atoms with E-state index in [1.807, 2.05) is 24.3 Å². The summed E-state index contributed by atoms with van der Waals surface area (Å²) in [4.78, 5) is 12.0. The van der Waals surface area contributed by atoms with E-state index in [1.165, 1.54) is 0 Å². The van der Waals surface area contributed by atoms with Gasteiger partial charge in [-0.25, -0.2) is 0 Å². The summed E-state index contributed by atoms with van der Waals surface area (Å²) in [5, 5.41) is 3.24. The molecule has 92 valence electrons. The van der Waals surface area contributed by atoms with Crippen molar-refractivity contribution in [1.29, 1.82) is 0 Å². The van der Waals surface area contributed by atoms with Crippen LogP contribution in [0.1, 0.15) is 10.4 Å². The average Bonchev–Trinajstić information content (AvgIpc) is 2.28. The van der Waals surface area contributed by atoms with Crippen molar-refractivity contribution in [2.75, 3.05) is 5.32 Å². The predicted octanol–water partition coefficient (Wildman–Crippen LogP) is 4.96. The molecule has 0 unspecified atom stereocenters. The van der Waals surface area contributed by atoms with Crippen molar-refractivity contribution >= 4 is 61.7 Å². The highest BCUT2D eigenvalue weighted by Crippen LogP contribution is 2.22. The molecule has 0 fully saturated rings. The highest BCUT2D eigenvalue weighted by molar-refractivity contribution is 14.1. The van der Waals surface area contributed by atoms with Gasteiger partial charge in [0.1, 0.15) is 0 Å². The summed E-state index contributed by atoms with van der Waals surface area (Å²) in [6, 6.07) is 12.8. The lowest BCUT2D eigenvalue weighted by Gasteiger charge is -2.07. The van der Waals surface area contributed by atoms with Gasteiger partial charge in [-0.3, -0.25) is 4.79 Å². The molecule has 18 heavy (non-hydrogen) atoms. The number of hydrogen-bond donors (Lipinski definition) is 1. The fourth-order valence-corrected chi connectivity index (χ4v) is 2.74. The summed E-state index contributed by atoms with van der Waals surface area (Å²) in [7, 11) is 0. The van der Waals surface area contributed by atoms with Crippen molar-refractivity contribution in [3.05, 3.63) is 61.1 Å². The molecule has 2 rings (SSSR count). The molecular weight excluding hydrogens is 428 g/mol. The van der Waals surface area contributed by atoms with Crippen LogP contribution in [-0.4, -0.2) is 5.91 Å². The van der Waals surface area contributed by atoms with Gasteiger partial charge in [0.25, 0.3) is 5.91 Å². The maximum atomic E-state index is 12.0. The lowest BCUT2D eigenvalue weighted by Crippen LogP contribution is -2.12. The van der Waals surface area contributed by atoms with Crippen LogP contribution in [0.2, 0.25) is 5.02 Å². The molecule has 0 aliphatic carbocycles. The largest absolute Gasteiger partial charge is 0.322 e. The van der Waals surface area contributed by atoms with E-state index in [-0.39, 0.29) is 5.91 Å². The van der Waals surface area contributed by atoms with Gasteiger partial charge in [-0.15, -0.1) is 0 Å². The van der Waals surface area contributed by atoms with E-state index in [4.69, 9.17) is 11.6 Å². The summed E-state index contributed by atoms with van der Waals surface area (Å²) in [6.07, 6.45) is 0. The Bertz CT molecular complexity index is 603. The molecule has 0 atom stereocenters. The van der Waals surface area contributed by atoms with E-state index in [2.05, 4.69) is 43.8 Å². The monoisotopic (exact) mass is 435 g/mol. The standard InChI is InChI=1S/C13H8BrClINO/c14-8-4-5-11(12(15)6-8)13(18)17-10-3-1-2-9(16)7-10/h1-7H,(H,17,18). The molecule has 0 saturated heterocycles. The average molecular weight is 436 g/mol. The second kappa shape index (κ2) is 6.04. The molecule has 1 amide bonds. The lowest BCUT2D eigenvalue weighted by molar-refractivity contribution is 0.102. The molecular formula is C13H8BrClINO. The third-order valence-corrected chi connectivity index (χ3v) is 3.74. The molecule has 2 aromatic rings. The SMILES string of the molecule is O=C(Nc1cccc(I)c1)c1ccc(Br)cc1Cl. The molecule has 0 bridgehead atoms. The number of halogens is 3. The van der Waals surface area contributed by atoms with Gasteiger partial charge in [0.2, 0.25) is 0 Å². The Morgan fingerprint density at radius 1 is 1.22 bits per heavy atom. The van der Waals surface area contributed by atoms with Crippen LogP contribution in [-0.2, 0) is 0 Å². The normalized spacial score (nSPS) is 10.2. The predicted molar refractivity (Wildman–Crippen MR) is 86.3 cm³/mol. The molecule has 0 aromatic heterocycles. The summed E-state index contributed by atoms with van der Waals surface area (Å²) >= 11 is 11.5. The molecule has 2 nitrogen and oxygen atoms in total. The summed E-state index contributed by atoms with van der Waals surface area (Å²) in [5.41, 5.74) is 1.21. The smallest absolute Gasteiger partial charge is 0.257 e. The van der Waals surface area contributed by atoms with Gasteiger partial charge in [-0.05, 0) is 59.0 Å². The van der Waals surface area contributed by atoms with Crippen LogP contribution in [0.5, 0.6) is 0 Å². The second-order valence-electron chi connectivity index (χ2n) is 3.59. The summed E-state index contributed by atoms with van der Waals surface area (Å²) < 4.78 is 1.91. The molecule has 1 N–H and O–H groups in total. The van der Waals surface area contributed by atoms with E-state index in [0.717, 1.165) is 13.7 Å². The fraction of sp³-hybridized carbons (Fsp3) is 0. The van der Waals surface area contributed by atoms with Gasteiger partial charge in [-0.1, -0.05) is 33.6 Å². The lowest BCUT2D eigenvalue weighted by atomic mass is 10.2. The summed E-state index contributed by atoms with van der Waals surface area (Å²) in [5.74, 6) is -0.213. The van der Waals surface area contributed by atoms with E-state index in [1.54, 1.807) is 18.2 Å². The maximum Gasteiger partial charge on any atom is 0.257 e. The first-order chi connectivity index (χ1) is 8.56. The highest BCUT2D eigenvalue weighted by atomic mass is 127. The summed E-state index contributed by atoms with van der Waals surface area (Å²) in [6.45, 7) is 0. The van der Waals surface area contributed by atoms with Crippen LogP contribution in [0.4, 0.5) is 5.69 Å². The zero-order chi connectivity index (χ0) is 13.1. The Labute approximate surface area is 132 Å². The highest BCUT2D eigenvalue weighted by Gasteiger charge is 2.10. The van der Waals surface area contributed by atoms with Gasteiger partial charge in [0.15, 0.2) is 0 Å². The number of carbonyl (C=O) groups is 1. The minimum absolute atomic E-state index is 0.213. The molecule has 0 aliphatic rings. The maximum absolute atomic E-state index is 12.0. The van der Waals surface area contributed by atoms with E-state index >= 15 is 0 Å². The van der Waals surface area contributed by atoms with Gasteiger partial charge in [-0.2, -0.15) is 0 Å². The third kappa shape index (κ3) is 3.46. The second-order valence-corrected chi connectivity index (χ2v) is 6.16. The van der Waals surface area contributed by atoms with Crippen LogP contribution in [0.3, 0.4) is 0 Å². The Kier molecular flexibility index (Phi) is 4.64. The molecule has 0 aliphatic heterocycles. The Morgan fingerprint density at radius 3 is 2.67 bits per heavy atom. The van der Waals surface area contributed by atoms with Crippen LogP contribution in [0.15, 0.2) is 46.9 Å². The van der Waals surface area contributed by atoms with Crippen molar-refractivity contribution in [3.8, 4) is 0 Å². The minimum atomic E-state index is -0.213. The van der Waals surface area contributed by atoms with Gasteiger partial charge in [0, 0.05) is 13.7 Å². The zero-order valence-corrected chi connectivity index (χ0v) is 13.6. The van der Waals surface area contributed by atoms with E-state index in [9.17, 15) is 4.79 Å². The number of rotatable bonds is 2.